The van der Waals surface area contributed by atoms with E-state index in [0.29, 0.717) is 12.0 Å². The lowest BCUT2D eigenvalue weighted by atomic mass is 9.94. The van der Waals surface area contributed by atoms with Crippen molar-refractivity contribution in [3.63, 3.8) is 0 Å². The molecule has 2 atom stereocenters. The number of anilines is 1. The molecule has 0 radical (unpaired) electrons. The van der Waals surface area contributed by atoms with Crippen LogP contribution in [0.2, 0.25) is 0 Å². The Labute approximate surface area is 170 Å². The van der Waals surface area contributed by atoms with Crippen LogP contribution in [-0.2, 0) is 19.2 Å². The van der Waals surface area contributed by atoms with Crippen molar-refractivity contribution in [3.05, 3.63) is 29.8 Å². The molecular formula is C21H26N4O4. The Hall–Kier alpha value is -3.21. The minimum Gasteiger partial charge on any atom is -0.336 e. The number of rotatable bonds is 6. The molecule has 0 aromatic heterocycles. The van der Waals surface area contributed by atoms with Crippen molar-refractivity contribution < 1.29 is 19.2 Å². The second-order valence-corrected chi connectivity index (χ2v) is 7.93. The Balaban J connectivity index is 2.04. The molecule has 1 aromatic carbocycles. The third-order valence-electron chi connectivity index (χ3n) is 5.11. The van der Waals surface area contributed by atoms with Gasteiger partial charge >= 0.3 is 0 Å². The van der Waals surface area contributed by atoms with Gasteiger partial charge < -0.3 is 19.9 Å². The van der Waals surface area contributed by atoms with E-state index in [4.69, 9.17) is 0 Å². The molecule has 1 N–H and O–H groups in total. The third-order valence-corrected chi connectivity index (χ3v) is 5.11. The molecule has 1 saturated heterocycles. The van der Waals surface area contributed by atoms with Crippen LogP contribution in [0.1, 0.15) is 25.8 Å². The number of para-hydroxylation sites is 1. The summed E-state index contributed by atoms with van der Waals surface area (Å²) in [5, 5.41) is 12.3. The van der Waals surface area contributed by atoms with Crippen LogP contribution < -0.4 is 5.32 Å². The third kappa shape index (κ3) is 4.99. The summed E-state index contributed by atoms with van der Waals surface area (Å²) in [7, 11) is 1.44. The summed E-state index contributed by atoms with van der Waals surface area (Å²) in [4.78, 5) is 51.2. The number of aldehydes is 1. The zero-order chi connectivity index (χ0) is 21.8. The predicted octanol–water partition coefficient (Wildman–Crippen LogP) is 1.36. The molecule has 3 amide bonds. The Morgan fingerprint density at radius 3 is 2.59 bits per heavy atom. The van der Waals surface area contributed by atoms with E-state index in [2.05, 4.69) is 11.4 Å². The van der Waals surface area contributed by atoms with Gasteiger partial charge in [-0.2, -0.15) is 5.26 Å². The highest BCUT2D eigenvalue weighted by atomic mass is 16.2. The number of carbonyl (C=O) groups excluding carboxylic acids is 4. The van der Waals surface area contributed by atoms with Gasteiger partial charge in [-0.25, -0.2) is 0 Å². The van der Waals surface area contributed by atoms with E-state index in [1.165, 1.54) is 30.7 Å². The molecular weight excluding hydrogens is 372 g/mol. The molecule has 2 rings (SSSR count). The average Bonchev–Trinajstić information content (AvgIpc) is 3.13. The van der Waals surface area contributed by atoms with E-state index >= 15 is 0 Å². The molecule has 0 bridgehead atoms. The number of nitrogens with one attached hydrogen (secondary N) is 1. The number of amides is 3. The van der Waals surface area contributed by atoms with E-state index in [1.807, 2.05) is 25.1 Å². The lowest BCUT2D eigenvalue weighted by molar-refractivity contribution is -0.146. The van der Waals surface area contributed by atoms with Crippen LogP contribution in [0.5, 0.6) is 0 Å². The van der Waals surface area contributed by atoms with Gasteiger partial charge in [0.1, 0.15) is 12.3 Å². The maximum atomic E-state index is 12.7. The first-order chi connectivity index (χ1) is 13.6. The van der Waals surface area contributed by atoms with Gasteiger partial charge in [-0.05, 0) is 38.8 Å². The van der Waals surface area contributed by atoms with Crippen LogP contribution in [0.4, 0.5) is 5.69 Å². The number of likely N-dealkylation sites (tertiary alicyclic amines) is 1. The predicted molar refractivity (Wildman–Crippen MR) is 107 cm³/mol. The largest absolute Gasteiger partial charge is 0.336 e. The SMILES string of the molecule is Cc1ccccc1NC(=O)C1CC(C#N)N(C(=O)CN(C)C(=O)C(C)(C)C=O)C1. The lowest BCUT2D eigenvalue weighted by Crippen LogP contribution is -2.47. The minimum absolute atomic E-state index is 0.105. The smallest absolute Gasteiger partial charge is 0.243 e. The van der Waals surface area contributed by atoms with Crippen molar-refractivity contribution in [1.29, 1.82) is 5.26 Å². The number of carbonyl (C=O) groups is 4. The molecule has 2 unspecified atom stereocenters. The maximum absolute atomic E-state index is 12.7. The van der Waals surface area contributed by atoms with E-state index in [1.54, 1.807) is 6.07 Å². The first-order valence-corrected chi connectivity index (χ1v) is 9.38. The molecule has 1 aromatic rings. The highest BCUT2D eigenvalue weighted by Crippen LogP contribution is 2.26. The summed E-state index contributed by atoms with van der Waals surface area (Å²) < 4.78 is 0. The van der Waals surface area contributed by atoms with Crippen molar-refractivity contribution in [2.24, 2.45) is 11.3 Å². The molecule has 1 aliphatic heterocycles. The van der Waals surface area contributed by atoms with Crippen molar-refractivity contribution in [1.82, 2.24) is 9.80 Å². The molecule has 29 heavy (non-hydrogen) atoms. The fraction of sp³-hybridized carbons (Fsp3) is 0.476. The van der Waals surface area contributed by atoms with Crippen molar-refractivity contribution in [2.75, 3.05) is 25.5 Å². The van der Waals surface area contributed by atoms with Gasteiger partial charge in [0, 0.05) is 19.3 Å². The van der Waals surface area contributed by atoms with E-state index in [0.717, 1.165) is 5.56 Å². The summed E-state index contributed by atoms with van der Waals surface area (Å²) in [5.41, 5.74) is 0.378. The molecule has 1 heterocycles. The van der Waals surface area contributed by atoms with Crippen LogP contribution in [0.25, 0.3) is 0 Å². The lowest BCUT2D eigenvalue weighted by Gasteiger charge is -2.27. The van der Waals surface area contributed by atoms with Crippen LogP contribution in [0, 0.1) is 29.6 Å². The van der Waals surface area contributed by atoms with E-state index in [9.17, 15) is 24.4 Å². The number of hydrogen-bond donors (Lipinski definition) is 1. The van der Waals surface area contributed by atoms with Gasteiger partial charge in [-0.1, -0.05) is 18.2 Å². The van der Waals surface area contributed by atoms with Crippen molar-refractivity contribution >= 4 is 29.7 Å². The fourth-order valence-corrected chi connectivity index (χ4v) is 3.28. The van der Waals surface area contributed by atoms with Gasteiger partial charge in [0.2, 0.25) is 17.7 Å². The van der Waals surface area contributed by atoms with Crippen molar-refractivity contribution in [3.8, 4) is 6.07 Å². The minimum atomic E-state index is -1.23. The molecule has 8 heteroatoms. The summed E-state index contributed by atoms with van der Waals surface area (Å²) in [5.74, 6) is -1.68. The highest BCUT2D eigenvalue weighted by molar-refractivity contribution is 5.98. The van der Waals surface area contributed by atoms with Gasteiger partial charge in [0.15, 0.2) is 0 Å². The van der Waals surface area contributed by atoms with Gasteiger partial charge in [0.25, 0.3) is 0 Å². The van der Waals surface area contributed by atoms with Gasteiger partial charge in [-0.15, -0.1) is 0 Å². The standard InChI is InChI=1S/C21H26N4O4/c1-14-7-5-6-8-17(14)23-19(28)15-9-16(10-22)25(11-15)18(27)12-24(4)20(29)21(2,3)13-26/h5-8,13,15-16H,9,11-12H2,1-4H3,(H,23,28). The Kier molecular flexibility index (Phi) is 6.75. The number of hydrogen-bond acceptors (Lipinski definition) is 5. The normalized spacial score (nSPS) is 18.7. The summed E-state index contributed by atoms with van der Waals surface area (Å²) >= 11 is 0. The van der Waals surface area contributed by atoms with Crippen LogP contribution in [-0.4, -0.2) is 60.0 Å². The van der Waals surface area contributed by atoms with Crippen LogP contribution >= 0.6 is 0 Å². The number of nitriles is 1. The zero-order valence-electron chi connectivity index (χ0n) is 17.1. The van der Waals surface area contributed by atoms with E-state index < -0.39 is 29.2 Å². The summed E-state index contributed by atoms with van der Waals surface area (Å²) in [6.45, 7) is 4.67. The Morgan fingerprint density at radius 1 is 1.34 bits per heavy atom. The molecule has 0 aliphatic carbocycles. The van der Waals surface area contributed by atoms with Crippen LogP contribution in [0.15, 0.2) is 24.3 Å². The zero-order valence-corrected chi connectivity index (χ0v) is 17.1. The fourth-order valence-electron chi connectivity index (χ4n) is 3.28. The first kappa shape index (κ1) is 22.1. The van der Waals surface area contributed by atoms with Gasteiger partial charge in [0.05, 0.1) is 23.9 Å². The highest BCUT2D eigenvalue weighted by Gasteiger charge is 2.40. The molecule has 0 saturated carbocycles. The quantitative estimate of drug-likeness (QED) is 0.575. The van der Waals surface area contributed by atoms with Crippen LogP contribution in [0.3, 0.4) is 0 Å². The maximum Gasteiger partial charge on any atom is 0.243 e. The molecule has 154 valence electrons. The number of benzene rings is 1. The second kappa shape index (κ2) is 8.86. The molecule has 8 nitrogen and oxygen atoms in total. The molecule has 0 spiro atoms. The molecule has 1 aliphatic rings. The number of aryl methyl sites for hydroxylation is 1. The Bertz CT molecular complexity index is 858. The second-order valence-electron chi connectivity index (χ2n) is 7.93. The van der Waals surface area contributed by atoms with Crippen molar-refractivity contribution in [2.45, 2.75) is 33.2 Å². The summed E-state index contributed by atoms with van der Waals surface area (Å²) in [6.07, 6.45) is 0.771. The van der Waals surface area contributed by atoms with Gasteiger partial charge in [-0.3, -0.25) is 14.4 Å². The Morgan fingerprint density at radius 2 is 2.00 bits per heavy atom. The summed E-state index contributed by atoms with van der Waals surface area (Å²) in [6, 6.07) is 8.69. The topological polar surface area (TPSA) is 111 Å². The monoisotopic (exact) mass is 398 g/mol. The van der Waals surface area contributed by atoms with E-state index in [-0.39, 0.29) is 25.4 Å². The number of likely N-dealkylation sites (N-methyl/N-ethyl adjacent to an activating group) is 1. The average molecular weight is 398 g/mol. The first-order valence-electron chi connectivity index (χ1n) is 9.38. The molecule has 1 fully saturated rings. The number of nitrogens with zero attached hydrogens (tertiary/aromatic N) is 3.